The molecule has 0 fully saturated rings. The first kappa shape index (κ1) is 15.9. The number of rotatable bonds is 5. The number of carbonyl (C=O) groups excluding carboxylic acids is 1. The van der Waals surface area contributed by atoms with Crippen LogP contribution in [-0.4, -0.2) is 26.8 Å². The molecule has 5 heteroatoms. The number of carbonyl (C=O) groups is 1. The zero-order valence-corrected chi connectivity index (χ0v) is 13.2. The third kappa shape index (κ3) is 3.61. The Morgan fingerprint density at radius 1 is 1.32 bits per heavy atom. The van der Waals surface area contributed by atoms with Crippen LogP contribution in [-0.2, 0) is 6.54 Å². The molecule has 2 aromatic rings. The minimum absolute atomic E-state index is 0.0356. The second-order valence-electron chi connectivity index (χ2n) is 5.47. The van der Waals surface area contributed by atoms with Crippen molar-refractivity contribution < 1.29 is 4.79 Å². The van der Waals surface area contributed by atoms with Crippen molar-refractivity contribution in [3.8, 4) is 0 Å². The largest absolute Gasteiger partial charge is 0.331 e. The SMILES string of the molecule is CCC(C)N(Cc1ccc(C)cc1)C(=O)c1cnc[nH]c1=O. The van der Waals surface area contributed by atoms with Crippen molar-refractivity contribution >= 4 is 5.91 Å². The van der Waals surface area contributed by atoms with Gasteiger partial charge in [-0.2, -0.15) is 0 Å². The van der Waals surface area contributed by atoms with E-state index in [9.17, 15) is 9.59 Å². The van der Waals surface area contributed by atoms with E-state index in [2.05, 4.69) is 9.97 Å². The van der Waals surface area contributed by atoms with E-state index in [1.54, 1.807) is 4.90 Å². The molecule has 116 valence electrons. The normalized spacial score (nSPS) is 12.0. The molecule has 0 radical (unpaired) electrons. The van der Waals surface area contributed by atoms with E-state index in [1.807, 2.05) is 45.0 Å². The molecular formula is C17H21N3O2. The summed E-state index contributed by atoms with van der Waals surface area (Å²) in [5.74, 6) is -0.288. The maximum atomic E-state index is 12.7. The Hall–Kier alpha value is -2.43. The lowest BCUT2D eigenvalue weighted by molar-refractivity contribution is 0.0669. The fraction of sp³-hybridized carbons (Fsp3) is 0.353. The molecule has 0 saturated heterocycles. The number of hydrogen-bond acceptors (Lipinski definition) is 3. The number of aryl methyl sites for hydroxylation is 1. The summed E-state index contributed by atoms with van der Waals surface area (Å²) in [6.07, 6.45) is 3.42. The number of hydrogen-bond donors (Lipinski definition) is 1. The highest BCUT2D eigenvalue weighted by Gasteiger charge is 2.23. The summed E-state index contributed by atoms with van der Waals surface area (Å²) in [5.41, 5.74) is 1.89. The number of amides is 1. The van der Waals surface area contributed by atoms with E-state index in [0.717, 1.165) is 12.0 Å². The molecule has 1 atom stereocenters. The Balaban J connectivity index is 2.30. The van der Waals surface area contributed by atoms with E-state index in [4.69, 9.17) is 0 Å². The number of benzene rings is 1. The Kier molecular flexibility index (Phi) is 5.09. The topological polar surface area (TPSA) is 66.1 Å². The lowest BCUT2D eigenvalue weighted by Gasteiger charge is -2.28. The predicted octanol–water partition coefficient (Wildman–Crippen LogP) is 2.52. The standard InChI is InChI=1S/C17H21N3O2/c1-4-13(3)20(10-14-7-5-12(2)6-8-14)17(22)15-9-18-11-19-16(15)21/h5-9,11,13H,4,10H2,1-3H3,(H,18,19,21). The second kappa shape index (κ2) is 7.02. The van der Waals surface area contributed by atoms with Crippen molar-refractivity contribution in [3.63, 3.8) is 0 Å². The fourth-order valence-corrected chi connectivity index (χ4v) is 2.19. The summed E-state index contributed by atoms with van der Waals surface area (Å²) in [7, 11) is 0. The van der Waals surface area contributed by atoms with E-state index >= 15 is 0 Å². The van der Waals surface area contributed by atoms with Gasteiger partial charge in [0.05, 0.1) is 6.33 Å². The molecule has 0 aliphatic carbocycles. The third-order valence-corrected chi connectivity index (χ3v) is 3.81. The summed E-state index contributed by atoms with van der Waals surface area (Å²) in [6, 6.07) is 8.09. The summed E-state index contributed by atoms with van der Waals surface area (Å²) in [6.45, 7) is 6.50. The molecule has 1 aromatic heterocycles. The zero-order chi connectivity index (χ0) is 16.1. The molecule has 1 heterocycles. The van der Waals surface area contributed by atoms with Crippen molar-refractivity contribution in [2.45, 2.75) is 39.8 Å². The molecule has 1 amide bonds. The molecule has 0 spiro atoms. The van der Waals surface area contributed by atoms with Gasteiger partial charge in [0.15, 0.2) is 0 Å². The van der Waals surface area contributed by atoms with Gasteiger partial charge in [-0.25, -0.2) is 4.98 Å². The van der Waals surface area contributed by atoms with E-state index in [0.29, 0.717) is 6.54 Å². The van der Waals surface area contributed by atoms with Crippen molar-refractivity contribution in [1.82, 2.24) is 14.9 Å². The van der Waals surface area contributed by atoms with Crippen LogP contribution in [0.1, 0.15) is 41.8 Å². The fourth-order valence-electron chi connectivity index (χ4n) is 2.19. The molecule has 5 nitrogen and oxygen atoms in total. The van der Waals surface area contributed by atoms with Crippen LogP contribution in [0.2, 0.25) is 0 Å². The smallest absolute Gasteiger partial charge is 0.263 e. The van der Waals surface area contributed by atoms with Crippen LogP contribution < -0.4 is 5.56 Å². The average molecular weight is 299 g/mol. The van der Waals surface area contributed by atoms with Crippen molar-refractivity contribution in [1.29, 1.82) is 0 Å². The Morgan fingerprint density at radius 3 is 2.59 bits per heavy atom. The third-order valence-electron chi connectivity index (χ3n) is 3.81. The van der Waals surface area contributed by atoms with Crippen molar-refractivity contribution in [2.24, 2.45) is 0 Å². The molecule has 0 aliphatic rings. The molecule has 0 saturated carbocycles. The highest BCUT2D eigenvalue weighted by molar-refractivity contribution is 5.93. The van der Waals surface area contributed by atoms with Crippen LogP contribution in [0.15, 0.2) is 41.6 Å². The lowest BCUT2D eigenvalue weighted by Crippen LogP contribution is -2.40. The van der Waals surface area contributed by atoms with Crippen LogP contribution >= 0.6 is 0 Å². The molecule has 1 aromatic carbocycles. The van der Waals surface area contributed by atoms with Gasteiger partial charge in [-0.05, 0) is 25.8 Å². The van der Waals surface area contributed by atoms with Gasteiger partial charge < -0.3 is 9.88 Å². The Morgan fingerprint density at radius 2 is 2.00 bits per heavy atom. The number of nitrogens with one attached hydrogen (secondary N) is 1. The van der Waals surface area contributed by atoms with E-state index < -0.39 is 5.56 Å². The van der Waals surface area contributed by atoms with Gasteiger partial charge in [-0.15, -0.1) is 0 Å². The van der Waals surface area contributed by atoms with Crippen LogP contribution in [0.5, 0.6) is 0 Å². The van der Waals surface area contributed by atoms with Crippen LogP contribution in [0.25, 0.3) is 0 Å². The molecule has 1 N–H and O–H groups in total. The number of aromatic nitrogens is 2. The highest BCUT2D eigenvalue weighted by Crippen LogP contribution is 2.14. The monoisotopic (exact) mass is 299 g/mol. The Bertz CT molecular complexity index is 692. The van der Waals surface area contributed by atoms with Gasteiger partial charge in [-0.3, -0.25) is 9.59 Å². The van der Waals surface area contributed by atoms with E-state index in [1.165, 1.54) is 18.1 Å². The van der Waals surface area contributed by atoms with Gasteiger partial charge in [-0.1, -0.05) is 36.8 Å². The predicted molar refractivity (Wildman–Crippen MR) is 85.7 cm³/mol. The minimum atomic E-state index is -0.405. The first-order valence-corrected chi connectivity index (χ1v) is 7.42. The van der Waals surface area contributed by atoms with Crippen molar-refractivity contribution in [2.75, 3.05) is 0 Å². The minimum Gasteiger partial charge on any atom is -0.331 e. The van der Waals surface area contributed by atoms with Gasteiger partial charge in [0, 0.05) is 18.8 Å². The maximum Gasteiger partial charge on any atom is 0.263 e. The molecule has 0 aliphatic heterocycles. The number of nitrogens with zero attached hydrogens (tertiary/aromatic N) is 2. The van der Waals surface area contributed by atoms with Gasteiger partial charge in [0.1, 0.15) is 5.56 Å². The molecule has 1 unspecified atom stereocenters. The first-order chi connectivity index (χ1) is 10.5. The molecular weight excluding hydrogens is 278 g/mol. The Labute approximate surface area is 130 Å². The molecule has 0 bridgehead atoms. The van der Waals surface area contributed by atoms with Gasteiger partial charge >= 0.3 is 0 Å². The van der Waals surface area contributed by atoms with Crippen LogP contribution in [0.4, 0.5) is 0 Å². The van der Waals surface area contributed by atoms with Gasteiger partial charge in [0.2, 0.25) is 0 Å². The van der Waals surface area contributed by atoms with Crippen LogP contribution in [0.3, 0.4) is 0 Å². The average Bonchev–Trinajstić information content (AvgIpc) is 2.53. The number of H-pyrrole nitrogens is 1. The molecule has 22 heavy (non-hydrogen) atoms. The highest BCUT2D eigenvalue weighted by atomic mass is 16.2. The van der Waals surface area contributed by atoms with E-state index in [-0.39, 0.29) is 17.5 Å². The number of aromatic amines is 1. The summed E-state index contributed by atoms with van der Waals surface area (Å²) in [5, 5.41) is 0. The van der Waals surface area contributed by atoms with Crippen molar-refractivity contribution in [3.05, 3.63) is 63.8 Å². The summed E-state index contributed by atoms with van der Waals surface area (Å²) >= 11 is 0. The lowest BCUT2D eigenvalue weighted by atomic mass is 10.1. The maximum absolute atomic E-state index is 12.7. The quantitative estimate of drug-likeness (QED) is 0.922. The second-order valence-corrected chi connectivity index (χ2v) is 5.47. The first-order valence-electron chi connectivity index (χ1n) is 7.42. The summed E-state index contributed by atoms with van der Waals surface area (Å²) < 4.78 is 0. The molecule has 2 rings (SSSR count). The summed E-state index contributed by atoms with van der Waals surface area (Å²) in [4.78, 5) is 32.6. The van der Waals surface area contributed by atoms with Gasteiger partial charge in [0.25, 0.3) is 11.5 Å². The van der Waals surface area contributed by atoms with Crippen LogP contribution in [0, 0.1) is 6.92 Å². The zero-order valence-electron chi connectivity index (χ0n) is 13.2.